The Labute approximate surface area is 184 Å². The highest BCUT2D eigenvalue weighted by molar-refractivity contribution is 8.01. The Kier molecular flexibility index (Phi) is 7.78. The van der Waals surface area contributed by atoms with Crippen molar-refractivity contribution in [1.29, 1.82) is 0 Å². The first-order valence-corrected chi connectivity index (χ1v) is 13.2. The molecular weight excluding hydrogens is 448 g/mol. The van der Waals surface area contributed by atoms with Crippen LogP contribution in [-0.2, 0) is 14.8 Å². The molecule has 2 heterocycles. The number of benzene rings is 1. The van der Waals surface area contributed by atoms with Crippen LogP contribution in [0.4, 0.5) is 10.8 Å². The maximum absolute atomic E-state index is 12.3. The van der Waals surface area contributed by atoms with Crippen LogP contribution in [0.25, 0.3) is 0 Å². The molecule has 0 unspecified atom stereocenters. The van der Waals surface area contributed by atoms with Crippen molar-refractivity contribution < 1.29 is 22.7 Å². The van der Waals surface area contributed by atoms with Crippen molar-refractivity contribution >= 4 is 49.8 Å². The minimum atomic E-state index is -3.52. The van der Waals surface area contributed by atoms with Gasteiger partial charge in [-0.25, -0.2) is 8.42 Å². The summed E-state index contributed by atoms with van der Waals surface area (Å²) in [6, 6.07) is 5.01. The summed E-state index contributed by atoms with van der Waals surface area (Å²) in [5.74, 6) is 1.82. The summed E-state index contributed by atoms with van der Waals surface area (Å²) < 4.78 is 37.7. The van der Waals surface area contributed by atoms with E-state index in [0.717, 1.165) is 22.8 Å². The van der Waals surface area contributed by atoms with E-state index in [2.05, 4.69) is 22.4 Å². The van der Waals surface area contributed by atoms with Crippen LogP contribution < -0.4 is 19.1 Å². The van der Waals surface area contributed by atoms with Gasteiger partial charge < -0.3 is 14.8 Å². The molecule has 1 N–H and O–H groups in total. The minimum Gasteiger partial charge on any atom is -0.486 e. The molecule has 12 heteroatoms. The third-order valence-corrected chi connectivity index (χ3v) is 7.43. The Morgan fingerprint density at radius 2 is 2.03 bits per heavy atom. The van der Waals surface area contributed by atoms with Crippen molar-refractivity contribution in [3.63, 3.8) is 0 Å². The van der Waals surface area contributed by atoms with Gasteiger partial charge in [0.1, 0.15) is 13.2 Å². The number of sulfonamides is 1. The van der Waals surface area contributed by atoms with E-state index in [1.165, 1.54) is 15.6 Å². The molecule has 3 rings (SSSR count). The van der Waals surface area contributed by atoms with Crippen LogP contribution in [0.2, 0.25) is 0 Å². The molecule has 0 fully saturated rings. The molecule has 1 aromatic heterocycles. The van der Waals surface area contributed by atoms with Crippen LogP contribution in [-0.4, -0.2) is 56.3 Å². The molecule has 0 spiro atoms. The van der Waals surface area contributed by atoms with E-state index < -0.39 is 10.0 Å². The fourth-order valence-corrected chi connectivity index (χ4v) is 5.40. The van der Waals surface area contributed by atoms with Crippen molar-refractivity contribution in [1.82, 2.24) is 10.2 Å². The van der Waals surface area contributed by atoms with Crippen LogP contribution in [0.5, 0.6) is 11.5 Å². The van der Waals surface area contributed by atoms with Crippen molar-refractivity contribution in [2.75, 3.05) is 41.4 Å². The quantitative estimate of drug-likeness (QED) is 0.415. The average Bonchev–Trinajstić information content (AvgIpc) is 3.15. The van der Waals surface area contributed by atoms with E-state index in [9.17, 15) is 13.2 Å². The van der Waals surface area contributed by atoms with Crippen molar-refractivity contribution in [3.8, 4) is 11.5 Å². The van der Waals surface area contributed by atoms with Gasteiger partial charge in [-0.05, 0) is 25.0 Å². The van der Waals surface area contributed by atoms with Crippen molar-refractivity contribution in [3.05, 3.63) is 18.2 Å². The molecule has 1 aliphatic heterocycles. The molecule has 0 saturated heterocycles. The number of amides is 1. The van der Waals surface area contributed by atoms with E-state index in [4.69, 9.17) is 9.47 Å². The third kappa shape index (κ3) is 6.22. The zero-order chi connectivity index (χ0) is 21.6. The van der Waals surface area contributed by atoms with Gasteiger partial charge in [0.25, 0.3) is 0 Å². The molecule has 30 heavy (non-hydrogen) atoms. The lowest BCUT2D eigenvalue weighted by molar-refractivity contribution is -0.116. The second-order valence-corrected chi connectivity index (χ2v) is 10.8. The number of hydrogen-bond donors (Lipinski definition) is 1. The molecule has 9 nitrogen and oxygen atoms in total. The molecule has 2 aromatic rings. The highest BCUT2D eigenvalue weighted by Crippen LogP contribution is 2.34. The number of nitrogens with zero attached hydrogens (tertiary/aromatic N) is 3. The molecule has 164 valence electrons. The topological polar surface area (TPSA) is 111 Å². The van der Waals surface area contributed by atoms with Crippen LogP contribution in [0, 0.1) is 0 Å². The van der Waals surface area contributed by atoms with Crippen molar-refractivity contribution in [2.45, 2.75) is 30.5 Å². The monoisotopic (exact) mass is 472 g/mol. The number of thioether (sulfide) groups is 1. The van der Waals surface area contributed by atoms with Gasteiger partial charge in [-0.3, -0.25) is 9.10 Å². The maximum Gasteiger partial charge on any atom is 0.232 e. The SMILES string of the molecule is CCCSc1nnc(NC(=O)CCCN(c2ccc3c(c2)OCCO3)S(C)(=O)=O)s1. The smallest absolute Gasteiger partial charge is 0.232 e. The highest BCUT2D eigenvalue weighted by Gasteiger charge is 2.21. The molecule has 0 atom stereocenters. The van der Waals surface area contributed by atoms with Crippen LogP contribution in [0.3, 0.4) is 0 Å². The Morgan fingerprint density at radius 1 is 1.27 bits per heavy atom. The number of fused-ring (bicyclic) bond motifs is 1. The number of anilines is 2. The first kappa shape index (κ1) is 22.6. The second-order valence-electron chi connectivity index (χ2n) is 6.54. The largest absolute Gasteiger partial charge is 0.486 e. The predicted molar refractivity (Wildman–Crippen MR) is 118 cm³/mol. The van der Waals surface area contributed by atoms with Gasteiger partial charge in [-0.15, -0.1) is 10.2 Å². The number of aromatic nitrogens is 2. The second kappa shape index (κ2) is 10.3. The van der Waals surface area contributed by atoms with Gasteiger partial charge in [0.2, 0.25) is 21.1 Å². The number of nitrogens with one attached hydrogen (secondary N) is 1. The molecule has 0 aliphatic carbocycles. The molecule has 1 amide bonds. The van der Waals surface area contributed by atoms with E-state index in [1.807, 2.05) is 0 Å². The maximum atomic E-state index is 12.3. The number of rotatable bonds is 10. The first-order chi connectivity index (χ1) is 14.4. The van der Waals surface area contributed by atoms with Crippen LogP contribution >= 0.6 is 23.1 Å². The van der Waals surface area contributed by atoms with Gasteiger partial charge in [-0.2, -0.15) is 0 Å². The first-order valence-electron chi connectivity index (χ1n) is 9.50. The lowest BCUT2D eigenvalue weighted by Gasteiger charge is -2.25. The molecule has 0 saturated carbocycles. The van der Waals surface area contributed by atoms with Gasteiger partial charge in [0, 0.05) is 24.8 Å². The van der Waals surface area contributed by atoms with Crippen LogP contribution in [0.15, 0.2) is 22.5 Å². The lowest BCUT2D eigenvalue weighted by Crippen LogP contribution is -2.31. The molecule has 0 bridgehead atoms. The van der Waals surface area contributed by atoms with Gasteiger partial charge in [0.15, 0.2) is 15.8 Å². The van der Waals surface area contributed by atoms with Gasteiger partial charge >= 0.3 is 0 Å². The summed E-state index contributed by atoms with van der Waals surface area (Å²) in [5.41, 5.74) is 0.476. The Morgan fingerprint density at radius 3 is 2.77 bits per heavy atom. The standard InChI is InChI=1S/C18H24N4O5S3/c1-3-11-28-18-21-20-17(29-18)19-16(23)5-4-8-22(30(2,24)25)13-6-7-14-15(12-13)27-10-9-26-14/h6-7,12H,3-5,8-11H2,1-2H3,(H,19,20,23). The summed E-state index contributed by atoms with van der Waals surface area (Å²) in [6.07, 6.45) is 2.68. The number of carbonyl (C=O) groups is 1. The lowest BCUT2D eigenvalue weighted by atomic mass is 10.2. The zero-order valence-corrected chi connectivity index (χ0v) is 19.2. The molecule has 0 radical (unpaired) electrons. The highest BCUT2D eigenvalue weighted by atomic mass is 32.2. The van der Waals surface area contributed by atoms with E-state index in [0.29, 0.717) is 42.0 Å². The van der Waals surface area contributed by atoms with Gasteiger partial charge in [0.05, 0.1) is 11.9 Å². The summed E-state index contributed by atoms with van der Waals surface area (Å²) in [4.78, 5) is 12.2. The van der Waals surface area contributed by atoms with Crippen molar-refractivity contribution in [2.24, 2.45) is 0 Å². The minimum absolute atomic E-state index is 0.160. The summed E-state index contributed by atoms with van der Waals surface area (Å²) in [6.45, 7) is 3.13. The van der Waals surface area contributed by atoms with E-state index in [1.54, 1.807) is 30.0 Å². The third-order valence-electron chi connectivity index (χ3n) is 4.06. The van der Waals surface area contributed by atoms with E-state index in [-0.39, 0.29) is 18.9 Å². The number of ether oxygens (including phenoxy) is 2. The Hall–Kier alpha value is -2.05. The molecular formula is C18H24N4O5S3. The fourth-order valence-electron chi connectivity index (χ4n) is 2.75. The van der Waals surface area contributed by atoms with Gasteiger partial charge in [-0.1, -0.05) is 30.0 Å². The fraction of sp³-hybridized carbons (Fsp3) is 0.500. The van der Waals surface area contributed by atoms with E-state index >= 15 is 0 Å². The molecule has 1 aliphatic rings. The normalized spacial score (nSPS) is 13.1. The Bertz CT molecular complexity index is 980. The molecule has 1 aromatic carbocycles. The summed E-state index contributed by atoms with van der Waals surface area (Å²) >= 11 is 2.93. The summed E-state index contributed by atoms with van der Waals surface area (Å²) in [7, 11) is -3.52. The zero-order valence-electron chi connectivity index (χ0n) is 16.8. The van der Waals surface area contributed by atoms with Crippen LogP contribution in [0.1, 0.15) is 26.2 Å². The summed E-state index contributed by atoms with van der Waals surface area (Å²) in [5, 5.41) is 11.2. The Balaban J connectivity index is 1.56. The number of hydrogen-bond acceptors (Lipinski definition) is 9. The number of carbonyl (C=O) groups excluding carboxylic acids is 1. The average molecular weight is 473 g/mol. The predicted octanol–water partition coefficient (Wildman–Crippen LogP) is 3.00.